The van der Waals surface area contributed by atoms with Crippen molar-refractivity contribution < 1.29 is 8.78 Å². The summed E-state index contributed by atoms with van der Waals surface area (Å²) in [5.74, 6) is -1.65. The maximum absolute atomic E-state index is 13.6. The average molecular weight is 407 g/mol. The highest BCUT2D eigenvalue weighted by atomic mass is 19.2. The van der Waals surface area contributed by atoms with Crippen LogP contribution >= 0.6 is 0 Å². The van der Waals surface area contributed by atoms with E-state index >= 15 is 0 Å². The summed E-state index contributed by atoms with van der Waals surface area (Å²) < 4.78 is 28.5. The number of aromatic nitrogens is 4. The first kappa shape index (κ1) is 19.6. The minimum Gasteiger partial charge on any atom is -0.361 e. The molecular weight excluding hydrogens is 388 g/mol. The van der Waals surface area contributed by atoms with Crippen LogP contribution in [0.3, 0.4) is 0 Å². The van der Waals surface area contributed by atoms with Crippen LogP contribution in [0.2, 0.25) is 0 Å². The van der Waals surface area contributed by atoms with E-state index in [0.29, 0.717) is 35.5 Å². The molecule has 0 fully saturated rings. The fourth-order valence-electron chi connectivity index (χ4n) is 3.17. The Morgan fingerprint density at radius 1 is 1.07 bits per heavy atom. The highest BCUT2D eigenvalue weighted by Crippen LogP contribution is 2.22. The molecule has 3 aromatic heterocycles. The van der Waals surface area contributed by atoms with E-state index in [1.165, 1.54) is 6.07 Å². The molecule has 0 radical (unpaired) electrons. The minimum absolute atomic E-state index is 0.224. The Bertz CT molecular complexity index is 1260. The van der Waals surface area contributed by atoms with Gasteiger partial charge < -0.3 is 5.32 Å². The molecule has 4 aromatic rings. The Labute approximate surface area is 171 Å². The molecule has 0 atom stereocenters. The van der Waals surface area contributed by atoms with Gasteiger partial charge in [0.15, 0.2) is 23.1 Å². The molecule has 152 valence electrons. The van der Waals surface area contributed by atoms with Gasteiger partial charge in [-0.1, -0.05) is 13.0 Å². The number of benzene rings is 1. The van der Waals surface area contributed by atoms with E-state index in [1.807, 2.05) is 19.1 Å². The first-order chi connectivity index (χ1) is 14.6. The Hall–Kier alpha value is -3.68. The highest BCUT2D eigenvalue weighted by Gasteiger charge is 2.14. The molecule has 1 N–H and O–H groups in total. The number of anilines is 1. The molecule has 4 rings (SSSR count). The number of rotatable bonds is 6. The molecule has 0 saturated carbocycles. The maximum Gasteiger partial charge on any atom is 0.294 e. The predicted molar refractivity (Wildman–Crippen MR) is 111 cm³/mol. The Morgan fingerprint density at radius 3 is 2.67 bits per heavy atom. The molecule has 0 unspecified atom stereocenters. The molecule has 6 nitrogen and oxygen atoms in total. The van der Waals surface area contributed by atoms with Crippen molar-refractivity contribution in [3.05, 3.63) is 82.4 Å². The molecule has 0 aliphatic rings. The van der Waals surface area contributed by atoms with Crippen molar-refractivity contribution in [1.82, 2.24) is 19.5 Å². The number of pyridine rings is 2. The van der Waals surface area contributed by atoms with Crippen LogP contribution in [0, 0.1) is 11.6 Å². The van der Waals surface area contributed by atoms with E-state index in [-0.39, 0.29) is 11.4 Å². The highest BCUT2D eigenvalue weighted by molar-refractivity contribution is 5.76. The van der Waals surface area contributed by atoms with Crippen molar-refractivity contribution in [1.29, 1.82) is 0 Å². The van der Waals surface area contributed by atoms with Crippen molar-refractivity contribution in [2.75, 3.05) is 5.32 Å². The van der Waals surface area contributed by atoms with E-state index in [9.17, 15) is 13.6 Å². The van der Waals surface area contributed by atoms with E-state index < -0.39 is 11.6 Å². The first-order valence-electron chi connectivity index (χ1n) is 9.56. The average Bonchev–Trinajstić information content (AvgIpc) is 2.77. The third kappa shape index (κ3) is 3.89. The molecule has 0 aliphatic carbocycles. The van der Waals surface area contributed by atoms with Gasteiger partial charge in [-0.2, -0.15) is 0 Å². The standard InChI is InChI=1S/C22H19F2N5O/c1-2-10-29-21-19(8-7-18(28-21)15-5-6-16(23)17(24)11-15)27-20(22(29)30)26-13-14-4-3-9-25-12-14/h3-9,11-12H,2,10,13H2,1H3,(H,26,27). The van der Waals surface area contributed by atoms with Crippen molar-refractivity contribution in [2.24, 2.45) is 0 Å². The number of hydrogen-bond donors (Lipinski definition) is 1. The van der Waals surface area contributed by atoms with Crippen LogP contribution in [0.25, 0.3) is 22.4 Å². The smallest absolute Gasteiger partial charge is 0.294 e. The van der Waals surface area contributed by atoms with Gasteiger partial charge in [0, 0.05) is 31.0 Å². The number of fused-ring (bicyclic) bond motifs is 1. The van der Waals surface area contributed by atoms with Gasteiger partial charge in [0.2, 0.25) is 0 Å². The fraction of sp³-hybridized carbons (Fsp3) is 0.182. The molecule has 8 heteroatoms. The molecule has 3 heterocycles. The van der Waals surface area contributed by atoms with Crippen LogP contribution in [0.15, 0.2) is 59.7 Å². The van der Waals surface area contributed by atoms with Crippen LogP contribution in [-0.2, 0) is 13.1 Å². The second kappa shape index (κ2) is 8.36. The third-order valence-corrected chi connectivity index (χ3v) is 4.64. The topological polar surface area (TPSA) is 72.7 Å². The summed E-state index contributed by atoms with van der Waals surface area (Å²) in [6.07, 6.45) is 4.12. The Balaban J connectivity index is 1.77. The molecule has 0 bridgehead atoms. The second-order valence-electron chi connectivity index (χ2n) is 6.80. The molecule has 1 aromatic carbocycles. The molecule has 0 aliphatic heterocycles. The molecule has 30 heavy (non-hydrogen) atoms. The fourth-order valence-corrected chi connectivity index (χ4v) is 3.17. The number of nitrogens with one attached hydrogen (secondary N) is 1. The monoisotopic (exact) mass is 407 g/mol. The largest absolute Gasteiger partial charge is 0.361 e. The van der Waals surface area contributed by atoms with Crippen LogP contribution in [0.4, 0.5) is 14.6 Å². The second-order valence-corrected chi connectivity index (χ2v) is 6.80. The lowest BCUT2D eigenvalue weighted by Gasteiger charge is -2.13. The lowest BCUT2D eigenvalue weighted by molar-refractivity contribution is 0.509. The first-order valence-corrected chi connectivity index (χ1v) is 9.56. The summed E-state index contributed by atoms with van der Waals surface area (Å²) in [6.45, 7) is 2.82. The molecular formula is C22H19F2N5O. The summed E-state index contributed by atoms with van der Waals surface area (Å²) in [6, 6.07) is 10.7. The summed E-state index contributed by atoms with van der Waals surface area (Å²) in [5, 5.41) is 3.08. The normalized spacial score (nSPS) is 11.0. The van der Waals surface area contributed by atoms with Crippen LogP contribution < -0.4 is 10.9 Å². The number of hydrogen-bond acceptors (Lipinski definition) is 5. The number of nitrogens with zero attached hydrogens (tertiary/aromatic N) is 4. The molecule has 0 spiro atoms. The van der Waals surface area contributed by atoms with Gasteiger partial charge in [-0.05, 0) is 48.4 Å². The zero-order valence-electron chi connectivity index (χ0n) is 16.3. The van der Waals surface area contributed by atoms with Crippen LogP contribution in [-0.4, -0.2) is 19.5 Å². The van der Waals surface area contributed by atoms with Gasteiger partial charge in [-0.3, -0.25) is 14.3 Å². The van der Waals surface area contributed by atoms with Gasteiger partial charge in [0.1, 0.15) is 5.52 Å². The Kier molecular flexibility index (Phi) is 5.47. The summed E-state index contributed by atoms with van der Waals surface area (Å²) >= 11 is 0. The quantitative estimate of drug-likeness (QED) is 0.520. The van der Waals surface area contributed by atoms with Crippen molar-refractivity contribution in [3.63, 3.8) is 0 Å². The summed E-state index contributed by atoms with van der Waals surface area (Å²) in [7, 11) is 0. The number of halogens is 2. The predicted octanol–water partition coefficient (Wildman–Crippen LogP) is 4.15. The van der Waals surface area contributed by atoms with Crippen molar-refractivity contribution in [2.45, 2.75) is 26.4 Å². The third-order valence-electron chi connectivity index (χ3n) is 4.64. The lowest BCUT2D eigenvalue weighted by atomic mass is 10.1. The summed E-state index contributed by atoms with van der Waals surface area (Å²) in [4.78, 5) is 26.0. The number of aryl methyl sites for hydroxylation is 1. The van der Waals surface area contributed by atoms with Gasteiger partial charge in [0.05, 0.1) is 5.69 Å². The summed E-state index contributed by atoms with van der Waals surface area (Å²) in [5.41, 5.74) is 2.42. The zero-order chi connectivity index (χ0) is 21.1. The minimum atomic E-state index is -0.951. The Morgan fingerprint density at radius 2 is 1.93 bits per heavy atom. The van der Waals surface area contributed by atoms with Crippen molar-refractivity contribution >= 4 is 17.0 Å². The van der Waals surface area contributed by atoms with Crippen LogP contribution in [0.1, 0.15) is 18.9 Å². The van der Waals surface area contributed by atoms with Gasteiger partial charge in [-0.15, -0.1) is 0 Å². The van der Waals surface area contributed by atoms with Crippen LogP contribution in [0.5, 0.6) is 0 Å². The lowest BCUT2D eigenvalue weighted by Crippen LogP contribution is -2.26. The van der Waals surface area contributed by atoms with E-state index in [1.54, 1.807) is 29.1 Å². The maximum atomic E-state index is 13.6. The van der Waals surface area contributed by atoms with Gasteiger partial charge >= 0.3 is 0 Å². The van der Waals surface area contributed by atoms with Gasteiger partial charge in [0.25, 0.3) is 5.56 Å². The van der Waals surface area contributed by atoms with E-state index in [0.717, 1.165) is 24.1 Å². The SMILES string of the molecule is CCCn1c(=O)c(NCc2cccnc2)nc2ccc(-c3ccc(F)c(F)c3)nc21. The zero-order valence-corrected chi connectivity index (χ0v) is 16.3. The van der Waals surface area contributed by atoms with E-state index in [2.05, 4.69) is 20.3 Å². The molecule has 0 amide bonds. The van der Waals surface area contributed by atoms with E-state index in [4.69, 9.17) is 0 Å². The van der Waals surface area contributed by atoms with Gasteiger partial charge in [-0.25, -0.2) is 18.7 Å². The van der Waals surface area contributed by atoms with Crippen molar-refractivity contribution in [3.8, 4) is 11.3 Å². The molecule has 0 saturated heterocycles.